The van der Waals surface area contributed by atoms with Crippen LogP contribution in [-0.2, 0) is 27.1 Å². The SMILES string of the molecule is C=CCNC(=O)C(=O)N(Cc1ccc(-c2noc(C(F)(F)F)n2)cc1)OC. The summed E-state index contributed by atoms with van der Waals surface area (Å²) in [6, 6.07) is 5.96. The number of hydrogen-bond acceptors (Lipinski definition) is 6. The van der Waals surface area contributed by atoms with E-state index in [9.17, 15) is 22.8 Å². The van der Waals surface area contributed by atoms with E-state index in [4.69, 9.17) is 4.84 Å². The van der Waals surface area contributed by atoms with Gasteiger partial charge in [0.2, 0.25) is 5.82 Å². The number of carbonyl (C=O) groups is 2. The van der Waals surface area contributed by atoms with Gasteiger partial charge in [-0.1, -0.05) is 35.5 Å². The zero-order valence-corrected chi connectivity index (χ0v) is 14.1. The summed E-state index contributed by atoms with van der Waals surface area (Å²) in [6.07, 6.45) is -3.31. The number of aromatic nitrogens is 2. The number of carbonyl (C=O) groups excluding carboxylic acids is 2. The molecule has 2 amide bonds. The largest absolute Gasteiger partial charge is 0.471 e. The third kappa shape index (κ3) is 5.14. The number of amides is 2. The smallest absolute Gasteiger partial charge is 0.344 e. The first-order chi connectivity index (χ1) is 12.8. The van der Waals surface area contributed by atoms with Gasteiger partial charge in [-0.2, -0.15) is 18.2 Å². The number of halogens is 3. The Morgan fingerprint density at radius 1 is 1.33 bits per heavy atom. The first-order valence-corrected chi connectivity index (χ1v) is 7.51. The van der Waals surface area contributed by atoms with Crippen molar-refractivity contribution in [3.05, 3.63) is 48.4 Å². The molecule has 1 N–H and O–H groups in total. The fourth-order valence-electron chi connectivity index (χ4n) is 1.95. The van der Waals surface area contributed by atoms with Gasteiger partial charge in [-0.3, -0.25) is 14.4 Å². The van der Waals surface area contributed by atoms with Crippen molar-refractivity contribution in [1.82, 2.24) is 20.5 Å². The topological polar surface area (TPSA) is 97.6 Å². The molecule has 0 fully saturated rings. The second-order valence-corrected chi connectivity index (χ2v) is 5.14. The molecule has 1 aromatic carbocycles. The molecule has 8 nitrogen and oxygen atoms in total. The van der Waals surface area contributed by atoms with Crippen LogP contribution in [0.25, 0.3) is 11.4 Å². The van der Waals surface area contributed by atoms with Crippen LogP contribution in [0.2, 0.25) is 0 Å². The van der Waals surface area contributed by atoms with Gasteiger partial charge in [0.1, 0.15) is 0 Å². The van der Waals surface area contributed by atoms with Gasteiger partial charge in [-0.15, -0.1) is 6.58 Å². The third-order valence-corrected chi connectivity index (χ3v) is 3.25. The van der Waals surface area contributed by atoms with Crippen molar-refractivity contribution in [2.45, 2.75) is 12.7 Å². The molecular formula is C16H15F3N4O4. The molecule has 0 aliphatic heterocycles. The predicted octanol–water partition coefficient (Wildman–Crippen LogP) is 1.95. The number of rotatable bonds is 6. The summed E-state index contributed by atoms with van der Waals surface area (Å²) in [7, 11) is 1.23. The molecule has 0 bridgehead atoms. The highest BCUT2D eigenvalue weighted by atomic mass is 19.4. The minimum Gasteiger partial charge on any atom is -0.344 e. The highest BCUT2D eigenvalue weighted by Crippen LogP contribution is 2.29. The number of benzene rings is 1. The van der Waals surface area contributed by atoms with E-state index in [-0.39, 0.29) is 24.5 Å². The van der Waals surface area contributed by atoms with Gasteiger partial charge in [0.15, 0.2) is 0 Å². The molecule has 1 aromatic heterocycles. The molecule has 0 atom stereocenters. The summed E-state index contributed by atoms with van der Waals surface area (Å²) in [5, 5.41) is 6.45. The van der Waals surface area contributed by atoms with Crippen molar-refractivity contribution in [2.75, 3.05) is 13.7 Å². The minimum absolute atomic E-state index is 0.0584. The van der Waals surface area contributed by atoms with E-state index in [0.29, 0.717) is 5.56 Å². The molecule has 0 saturated heterocycles. The third-order valence-electron chi connectivity index (χ3n) is 3.25. The summed E-state index contributed by atoms with van der Waals surface area (Å²) in [4.78, 5) is 31.8. The molecule has 0 unspecified atom stereocenters. The van der Waals surface area contributed by atoms with Gasteiger partial charge in [0.25, 0.3) is 0 Å². The lowest BCUT2D eigenvalue weighted by Gasteiger charge is -2.19. The summed E-state index contributed by atoms with van der Waals surface area (Å²) >= 11 is 0. The zero-order chi connectivity index (χ0) is 20.0. The van der Waals surface area contributed by atoms with Crippen molar-refractivity contribution in [3.8, 4) is 11.4 Å². The average molecular weight is 384 g/mol. The minimum atomic E-state index is -4.73. The summed E-state index contributed by atoms with van der Waals surface area (Å²) < 4.78 is 41.7. The molecule has 0 radical (unpaired) electrons. The molecule has 0 aliphatic rings. The van der Waals surface area contributed by atoms with Crippen LogP contribution >= 0.6 is 0 Å². The van der Waals surface area contributed by atoms with Gasteiger partial charge in [-0.25, -0.2) is 5.06 Å². The molecule has 0 saturated carbocycles. The van der Waals surface area contributed by atoms with E-state index in [1.165, 1.54) is 37.5 Å². The van der Waals surface area contributed by atoms with Gasteiger partial charge < -0.3 is 9.84 Å². The monoisotopic (exact) mass is 384 g/mol. The lowest BCUT2D eigenvalue weighted by molar-refractivity contribution is -0.182. The highest BCUT2D eigenvalue weighted by molar-refractivity contribution is 6.34. The van der Waals surface area contributed by atoms with Crippen molar-refractivity contribution in [3.63, 3.8) is 0 Å². The van der Waals surface area contributed by atoms with Crippen molar-refractivity contribution in [2.24, 2.45) is 0 Å². The zero-order valence-electron chi connectivity index (χ0n) is 14.1. The Hall–Kier alpha value is -3.21. The van der Waals surface area contributed by atoms with Crippen LogP contribution in [0.5, 0.6) is 0 Å². The molecule has 2 rings (SSSR count). The standard InChI is InChI=1S/C16H15F3N4O4/c1-3-8-20-13(24)14(25)23(26-2)9-10-4-6-11(7-5-10)12-21-15(27-22-12)16(17,18)19/h3-7H,1,8-9H2,2H3,(H,20,24). The normalized spacial score (nSPS) is 11.1. The van der Waals surface area contributed by atoms with E-state index in [2.05, 4.69) is 26.6 Å². The van der Waals surface area contributed by atoms with Crippen LogP contribution < -0.4 is 5.32 Å². The van der Waals surface area contributed by atoms with Crippen LogP contribution in [0.15, 0.2) is 41.4 Å². The second-order valence-electron chi connectivity index (χ2n) is 5.14. The Labute approximate surface area is 151 Å². The first-order valence-electron chi connectivity index (χ1n) is 7.51. The Morgan fingerprint density at radius 2 is 2.00 bits per heavy atom. The van der Waals surface area contributed by atoms with E-state index in [0.717, 1.165) is 5.06 Å². The maximum absolute atomic E-state index is 12.5. The number of alkyl halides is 3. The maximum Gasteiger partial charge on any atom is 0.471 e. The molecule has 0 aliphatic carbocycles. The number of hydroxylamine groups is 2. The Morgan fingerprint density at radius 3 is 2.52 bits per heavy atom. The molecule has 0 spiro atoms. The fraction of sp³-hybridized carbons (Fsp3) is 0.250. The van der Waals surface area contributed by atoms with Crippen LogP contribution in [-0.4, -0.2) is 40.7 Å². The van der Waals surface area contributed by atoms with Crippen molar-refractivity contribution < 1.29 is 32.1 Å². The van der Waals surface area contributed by atoms with E-state index in [1.807, 2.05) is 0 Å². The molecule has 1 heterocycles. The second kappa shape index (κ2) is 8.45. The average Bonchev–Trinajstić information content (AvgIpc) is 3.14. The Balaban J connectivity index is 2.07. The van der Waals surface area contributed by atoms with E-state index < -0.39 is 23.9 Å². The fourth-order valence-corrected chi connectivity index (χ4v) is 1.95. The lowest BCUT2D eigenvalue weighted by Crippen LogP contribution is -2.42. The Kier molecular flexibility index (Phi) is 6.29. The first kappa shape index (κ1) is 20.1. The van der Waals surface area contributed by atoms with E-state index >= 15 is 0 Å². The molecule has 11 heteroatoms. The summed E-state index contributed by atoms with van der Waals surface area (Å²) in [5.41, 5.74) is 0.849. The molecule has 27 heavy (non-hydrogen) atoms. The van der Waals surface area contributed by atoms with Crippen molar-refractivity contribution >= 4 is 11.8 Å². The van der Waals surface area contributed by atoms with E-state index in [1.54, 1.807) is 0 Å². The summed E-state index contributed by atoms with van der Waals surface area (Å²) in [5.74, 6) is -3.43. The Bertz CT molecular complexity index is 818. The van der Waals surface area contributed by atoms with Gasteiger partial charge >= 0.3 is 23.9 Å². The van der Waals surface area contributed by atoms with Gasteiger partial charge in [0.05, 0.1) is 13.7 Å². The number of hydrogen-bond donors (Lipinski definition) is 1. The number of nitrogens with zero attached hydrogens (tertiary/aromatic N) is 3. The maximum atomic E-state index is 12.5. The highest BCUT2D eigenvalue weighted by Gasteiger charge is 2.38. The predicted molar refractivity (Wildman–Crippen MR) is 85.5 cm³/mol. The summed E-state index contributed by atoms with van der Waals surface area (Å²) in [6.45, 7) is 3.49. The van der Waals surface area contributed by atoms with Crippen molar-refractivity contribution in [1.29, 1.82) is 0 Å². The molecular weight excluding hydrogens is 369 g/mol. The van der Waals surface area contributed by atoms with Crippen LogP contribution in [0, 0.1) is 0 Å². The molecule has 2 aromatic rings. The lowest BCUT2D eigenvalue weighted by atomic mass is 10.1. The molecule has 144 valence electrons. The van der Waals surface area contributed by atoms with Crippen LogP contribution in [0.4, 0.5) is 13.2 Å². The van der Waals surface area contributed by atoms with Gasteiger partial charge in [-0.05, 0) is 5.56 Å². The number of nitrogens with one attached hydrogen (secondary N) is 1. The quantitative estimate of drug-likeness (QED) is 0.465. The van der Waals surface area contributed by atoms with Crippen LogP contribution in [0.1, 0.15) is 11.5 Å². The van der Waals surface area contributed by atoms with Crippen LogP contribution in [0.3, 0.4) is 0 Å². The van der Waals surface area contributed by atoms with Gasteiger partial charge in [0, 0.05) is 12.1 Å².